The molecule has 3 nitrogen and oxygen atoms in total. The summed E-state index contributed by atoms with van der Waals surface area (Å²) in [5.41, 5.74) is 1.08. The Morgan fingerprint density at radius 3 is 2.41 bits per heavy atom. The highest BCUT2D eigenvalue weighted by Gasteiger charge is 2.14. The summed E-state index contributed by atoms with van der Waals surface area (Å²) in [6.07, 6.45) is 2.09. The Morgan fingerprint density at radius 2 is 1.94 bits per heavy atom. The van der Waals surface area contributed by atoms with E-state index < -0.39 is 5.97 Å². The highest BCUT2D eigenvalue weighted by Crippen LogP contribution is 2.26. The summed E-state index contributed by atoms with van der Waals surface area (Å²) < 4.78 is 5.37. The molecule has 17 heavy (non-hydrogen) atoms. The molecule has 1 rings (SSSR count). The lowest BCUT2D eigenvalue weighted by Gasteiger charge is -2.14. The van der Waals surface area contributed by atoms with Gasteiger partial charge in [0.25, 0.3) is 0 Å². The van der Waals surface area contributed by atoms with Crippen molar-refractivity contribution in [1.82, 2.24) is 0 Å². The molecule has 0 aliphatic carbocycles. The van der Waals surface area contributed by atoms with E-state index in [1.165, 1.54) is 0 Å². The molecular weight excluding hydrogens is 216 g/mol. The number of benzene rings is 1. The molecule has 1 aromatic carbocycles. The van der Waals surface area contributed by atoms with Crippen molar-refractivity contribution in [1.29, 1.82) is 0 Å². The fourth-order valence-corrected chi connectivity index (χ4v) is 1.95. The molecular formula is C14H20O3. The van der Waals surface area contributed by atoms with E-state index in [0.29, 0.717) is 6.61 Å². The van der Waals surface area contributed by atoms with Crippen LogP contribution in [0.4, 0.5) is 0 Å². The van der Waals surface area contributed by atoms with Gasteiger partial charge in [-0.2, -0.15) is 0 Å². The number of carboxylic acids is 1. The van der Waals surface area contributed by atoms with Crippen LogP contribution in [0.3, 0.4) is 0 Å². The van der Waals surface area contributed by atoms with Crippen molar-refractivity contribution in [3.8, 4) is 5.75 Å². The molecule has 3 heteroatoms. The van der Waals surface area contributed by atoms with Crippen LogP contribution in [0.25, 0.3) is 0 Å². The SMILES string of the molecule is CCCC(CC(=O)O)c1ccc(OCC)cc1. The predicted octanol–water partition coefficient (Wildman–Crippen LogP) is 3.44. The molecule has 0 radical (unpaired) electrons. The summed E-state index contributed by atoms with van der Waals surface area (Å²) >= 11 is 0. The van der Waals surface area contributed by atoms with Gasteiger partial charge >= 0.3 is 5.97 Å². The van der Waals surface area contributed by atoms with E-state index in [1.54, 1.807) is 0 Å². The maximum Gasteiger partial charge on any atom is 0.303 e. The maximum absolute atomic E-state index is 10.8. The largest absolute Gasteiger partial charge is 0.494 e. The van der Waals surface area contributed by atoms with Gasteiger partial charge in [0.1, 0.15) is 5.75 Å². The molecule has 1 unspecified atom stereocenters. The minimum atomic E-state index is -0.739. The summed E-state index contributed by atoms with van der Waals surface area (Å²) in [6, 6.07) is 7.75. The van der Waals surface area contributed by atoms with Crippen LogP contribution >= 0.6 is 0 Å². The minimum absolute atomic E-state index is 0.105. The van der Waals surface area contributed by atoms with Crippen molar-refractivity contribution >= 4 is 5.97 Å². The van der Waals surface area contributed by atoms with Crippen molar-refractivity contribution in [2.45, 2.75) is 39.0 Å². The number of hydrogen-bond donors (Lipinski definition) is 1. The van der Waals surface area contributed by atoms with Crippen LogP contribution in [0.5, 0.6) is 5.75 Å². The first kappa shape index (κ1) is 13.6. The van der Waals surface area contributed by atoms with Crippen molar-refractivity contribution in [3.05, 3.63) is 29.8 Å². The van der Waals surface area contributed by atoms with E-state index >= 15 is 0 Å². The number of hydrogen-bond acceptors (Lipinski definition) is 2. The van der Waals surface area contributed by atoms with Gasteiger partial charge in [-0.25, -0.2) is 0 Å². The third-order valence-corrected chi connectivity index (χ3v) is 2.72. The number of carbonyl (C=O) groups is 1. The topological polar surface area (TPSA) is 46.5 Å². The number of carboxylic acid groups (broad SMARTS) is 1. The molecule has 0 amide bonds. The van der Waals surface area contributed by atoms with Gasteiger partial charge in [-0.15, -0.1) is 0 Å². The van der Waals surface area contributed by atoms with Crippen LogP contribution in [-0.4, -0.2) is 17.7 Å². The van der Waals surface area contributed by atoms with E-state index in [9.17, 15) is 4.79 Å². The van der Waals surface area contributed by atoms with Gasteiger partial charge in [0.15, 0.2) is 0 Å². The normalized spacial score (nSPS) is 12.1. The number of rotatable bonds is 7. The lowest BCUT2D eigenvalue weighted by Crippen LogP contribution is -2.06. The van der Waals surface area contributed by atoms with E-state index in [4.69, 9.17) is 9.84 Å². The molecule has 1 atom stereocenters. The van der Waals surface area contributed by atoms with E-state index in [1.807, 2.05) is 31.2 Å². The number of ether oxygens (including phenoxy) is 1. The molecule has 0 saturated heterocycles. The maximum atomic E-state index is 10.8. The third kappa shape index (κ3) is 4.47. The lowest BCUT2D eigenvalue weighted by atomic mass is 9.91. The zero-order valence-corrected chi connectivity index (χ0v) is 10.5. The van der Waals surface area contributed by atoms with E-state index in [0.717, 1.165) is 24.2 Å². The molecule has 0 aliphatic heterocycles. The van der Waals surface area contributed by atoms with Crippen molar-refractivity contribution in [2.75, 3.05) is 6.61 Å². The summed E-state index contributed by atoms with van der Waals surface area (Å²) in [4.78, 5) is 10.8. The van der Waals surface area contributed by atoms with Gasteiger partial charge in [0, 0.05) is 0 Å². The van der Waals surface area contributed by atoms with Crippen molar-refractivity contribution in [2.24, 2.45) is 0 Å². The molecule has 0 aliphatic rings. The van der Waals surface area contributed by atoms with Crippen molar-refractivity contribution < 1.29 is 14.6 Å². The fraction of sp³-hybridized carbons (Fsp3) is 0.500. The molecule has 94 valence electrons. The molecule has 0 aromatic heterocycles. The van der Waals surface area contributed by atoms with Gasteiger partial charge in [-0.05, 0) is 37.0 Å². The zero-order valence-electron chi connectivity index (χ0n) is 10.5. The molecule has 0 fully saturated rings. The average molecular weight is 236 g/mol. The van der Waals surface area contributed by atoms with Crippen LogP contribution in [0, 0.1) is 0 Å². The van der Waals surface area contributed by atoms with Crippen molar-refractivity contribution in [3.63, 3.8) is 0 Å². The second-order valence-electron chi connectivity index (χ2n) is 4.09. The Kier molecular flexibility index (Phi) is 5.53. The number of aliphatic carboxylic acids is 1. The Balaban J connectivity index is 2.75. The van der Waals surface area contributed by atoms with Gasteiger partial charge in [0.2, 0.25) is 0 Å². The highest BCUT2D eigenvalue weighted by molar-refractivity contribution is 5.68. The van der Waals surface area contributed by atoms with Crippen LogP contribution < -0.4 is 4.74 Å². The molecule has 0 bridgehead atoms. The van der Waals surface area contributed by atoms with Gasteiger partial charge in [0.05, 0.1) is 13.0 Å². The fourth-order valence-electron chi connectivity index (χ4n) is 1.95. The smallest absolute Gasteiger partial charge is 0.303 e. The Morgan fingerprint density at radius 1 is 1.29 bits per heavy atom. The first-order chi connectivity index (χ1) is 8.17. The molecule has 0 saturated carbocycles. The lowest BCUT2D eigenvalue weighted by molar-refractivity contribution is -0.137. The second kappa shape index (κ2) is 6.94. The molecule has 1 aromatic rings. The quantitative estimate of drug-likeness (QED) is 0.788. The van der Waals surface area contributed by atoms with E-state index in [-0.39, 0.29) is 12.3 Å². The van der Waals surface area contributed by atoms with Crippen LogP contribution in [0.15, 0.2) is 24.3 Å². The van der Waals surface area contributed by atoms with Crippen LogP contribution in [0.1, 0.15) is 44.6 Å². The van der Waals surface area contributed by atoms with Gasteiger partial charge < -0.3 is 9.84 Å². The average Bonchev–Trinajstić information content (AvgIpc) is 2.29. The second-order valence-corrected chi connectivity index (χ2v) is 4.09. The summed E-state index contributed by atoms with van der Waals surface area (Å²) in [5, 5.41) is 8.89. The third-order valence-electron chi connectivity index (χ3n) is 2.72. The van der Waals surface area contributed by atoms with E-state index in [2.05, 4.69) is 6.92 Å². The van der Waals surface area contributed by atoms with Crippen LogP contribution in [-0.2, 0) is 4.79 Å². The van der Waals surface area contributed by atoms with Gasteiger partial charge in [-0.3, -0.25) is 4.79 Å². The molecule has 0 spiro atoms. The molecule has 1 N–H and O–H groups in total. The summed E-state index contributed by atoms with van der Waals surface area (Å²) in [5.74, 6) is 0.201. The summed E-state index contributed by atoms with van der Waals surface area (Å²) in [7, 11) is 0. The predicted molar refractivity (Wildman–Crippen MR) is 67.5 cm³/mol. The first-order valence-electron chi connectivity index (χ1n) is 6.11. The first-order valence-corrected chi connectivity index (χ1v) is 6.11. The minimum Gasteiger partial charge on any atom is -0.494 e. The van der Waals surface area contributed by atoms with Crippen LogP contribution in [0.2, 0.25) is 0 Å². The zero-order chi connectivity index (χ0) is 12.7. The highest BCUT2D eigenvalue weighted by atomic mass is 16.5. The van der Waals surface area contributed by atoms with Gasteiger partial charge in [-0.1, -0.05) is 25.5 Å². The Bertz CT molecular complexity index is 343. The monoisotopic (exact) mass is 236 g/mol. The standard InChI is InChI=1S/C14H20O3/c1-3-5-12(10-14(15)16)11-6-8-13(9-7-11)17-4-2/h6-9,12H,3-5,10H2,1-2H3,(H,15,16). The Hall–Kier alpha value is -1.51. The molecule has 0 heterocycles. The summed E-state index contributed by atoms with van der Waals surface area (Å²) in [6.45, 7) is 4.66. The Labute approximate surface area is 102 Å².